The topological polar surface area (TPSA) is 83.9 Å². The van der Waals surface area contributed by atoms with Gasteiger partial charge >= 0.3 is 5.97 Å². The molecule has 0 bridgehead atoms. The lowest BCUT2D eigenvalue weighted by atomic mass is 9.69. The molecular weight excluding hydrogens is 442 g/mol. The summed E-state index contributed by atoms with van der Waals surface area (Å²) < 4.78 is 5.81. The number of ether oxygens (including phenoxy) is 1. The molecule has 1 atom stereocenters. The summed E-state index contributed by atoms with van der Waals surface area (Å²) in [6.07, 6.45) is 0.910. The van der Waals surface area contributed by atoms with E-state index in [-0.39, 0.29) is 39.8 Å². The molecule has 172 valence electrons. The molecule has 1 aliphatic carbocycles. The van der Waals surface area contributed by atoms with Gasteiger partial charge in [0.2, 0.25) is 5.91 Å². The van der Waals surface area contributed by atoms with E-state index in [1.165, 1.54) is 23.1 Å². The van der Waals surface area contributed by atoms with E-state index in [9.17, 15) is 19.5 Å². The Bertz CT molecular complexity index is 1180. The van der Waals surface area contributed by atoms with Crippen molar-refractivity contribution < 1.29 is 24.2 Å². The molecule has 2 aliphatic rings. The summed E-state index contributed by atoms with van der Waals surface area (Å²) in [7, 11) is 0. The Balaban J connectivity index is 1.94. The molecule has 0 spiro atoms. The van der Waals surface area contributed by atoms with Gasteiger partial charge in [-0.1, -0.05) is 43.6 Å². The third-order valence-electron chi connectivity index (χ3n) is 6.17. The van der Waals surface area contributed by atoms with Crippen LogP contribution in [0.1, 0.15) is 61.9 Å². The average Bonchev–Trinajstić information content (AvgIpc) is 2.73. The van der Waals surface area contributed by atoms with E-state index in [1.807, 2.05) is 45.0 Å². The zero-order chi connectivity index (χ0) is 23.9. The number of Topliss-reactive ketones (excluding diaryl/α,β-unsaturated/α-hetero) is 1. The van der Waals surface area contributed by atoms with Crippen molar-refractivity contribution >= 4 is 34.9 Å². The summed E-state index contributed by atoms with van der Waals surface area (Å²) >= 11 is 6.44. The van der Waals surface area contributed by atoms with E-state index in [2.05, 4.69) is 0 Å². The Labute approximate surface area is 197 Å². The number of benzene rings is 2. The number of hydrogen-bond donors (Lipinski definition) is 1. The van der Waals surface area contributed by atoms with Gasteiger partial charge in [0.15, 0.2) is 5.78 Å². The van der Waals surface area contributed by atoms with Gasteiger partial charge in [-0.25, -0.2) is 4.79 Å². The minimum absolute atomic E-state index is 0.0134. The lowest BCUT2D eigenvalue weighted by molar-refractivity contribution is -0.121. The van der Waals surface area contributed by atoms with Gasteiger partial charge in [0, 0.05) is 35.6 Å². The fourth-order valence-corrected chi connectivity index (χ4v) is 5.03. The first-order valence-corrected chi connectivity index (χ1v) is 11.3. The summed E-state index contributed by atoms with van der Waals surface area (Å²) in [5, 5.41) is 9.72. The molecule has 1 amide bonds. The maximum atomic E-state index is 13.6. The zero-order valence-electron chi connectivity index (χ0n) is 18.9. The first kappa shape index (κ1) is 23.1. The molecule has 1 aliphatic heterocycles. The fourth-order valence-electron chi connectivity index (χ4n) is 4.83. The van der Waals surface area contributed by atoms with Crippen LogP contribution in [0.15, 0.2) is 53.7 Å². The monoisotopic (exact) mass is 467 g/mol. The number of anilines is 1. The highest BCUT2D eigenvalue weighted by atomic mass is 35.5. The summed E-state index contributed by atoms with van der Waals surface area (Å²) in [6, 6.07) is 11.8. The van der Waals surface area contributed by atoms with Crippen LogP contribution in [0.25, 0.3) is 0 Å². The van der Waals surface area contributed by atoms with Gasteiger partial charge in [0.1, 0.15) is 5.75 Å². The van der Waals surface area contributed by atoms with Crippen LogP contribution >= 0.6 is 11.6 Å². The summed E-state index contributed by atoms with van der Waals surface area (Å²) in [6.45, 7) is 6.34. The molecule has 0 saturated heterocycles. The second kappa shape index (κ2) is 8.67. The normalized spacial score (nSPS) is 20.0. The molecule has 0 fully saturated rings. The first-order valence-electron chi connectivity index (χ1n) is 11.0. The molecule has 2 aromatic carbocycles. The summed E-state index contributed by atoms with van der Waals surface area (Å²) in [5.41, 5.74) is 1.93. The molecule has 6 nitrogen and oxygen atoms in total. The third-order valence-corrected chi connectivity index (χ3v) is 6.49. The van der Waals surface area contributed by atoms with Gasteiger partial charge in [-0.2, -0.15) is 0 Å². The number of carboxylic acid groups (broad SMARTS) is 1. The molecule has 1 N–H and O–H groups in total. The third kappa shape index (κ3) is 4.27. The van der Waals surface area contributed by atoms with Crippen LogP contribution in [0.3, 0.4) is 0 Å². The fraction of sp³-hybridized carbons (Fsp3) is 0.346. The number of carboxylic acids is 1. The molecule has 0 radical (unpaired) electrons. The van der Waals surface area contributed by atoms with Crippen molar-refractivity contribution in [3.8, 4) is 5.75 Å². The lowest BCUT2D eigenvalue weighted by Gasteiger charge is -2.43. The number of carbonyl (C=O) groups is 3. The van der Waals surface area contributed by atoms with Gasteiger partial charge in [-0.3, -0.25) is 14.5 Å². The molecule has 1 unspecified atom stereocenters. The highest BCUT2D eigenvalue weighted by Gasteiger charge is 2.45. The van der Waals surface area contributed by atoms with Crippen molar-refractivity contribution in [2.45, 2.75) is 46.0 Å². The number of nitrogens with zero attached hydrogens (tertiary/aromatic N) is 1. The minimum atomic E-state index is -1.12. The van der Waals surface area contributed by atoms with E-state index in [0.717, 1.165) is 5.56 Å². The van der Waals surface area contributed by atoms with Crippen LogP contribution in [0.4, 0.5) is 5.69 Å². The Morgan fingerprint density at radius 3 is 2.61 bits per heavy atom. The number of carbonyl (C=O) groups excluding carboxylic acids is 2. The molecule has 0 aromatic heterocycles. The predicted molar refractivity (Wildman–Crippen MR) is 126 cm³/mol. The Morgan fingerprint density at radius 1 is 1.18 bits per heavy atom. The summed E-state index contributed by atoms with van der Waals surface area (Å²) in [5.74, 6) is -1.14. The number of para-hydroxylation sites is 1. The molecule has 7 heteroatoms. The van der Waals surface area contributed by atoms with Gasteiger partial charge in [-0.05, 0) is 43.0 Å². The van der Waals surface area contributed by atoms with Crippen LogP contribution in [0, 0.1) is 5.41 Å². The number of allylic oxidation sites excluding steroid dienone is 2. The van der Waals surface area contributed by atoms with Gasteiger partial charge in [0.05, 0.1) is 22.9 Å². The van der Waals surface area contributed by atoms with E-state index in [4.69, 9.17) is 16.3 Å². The van der Waals surface area contributed by atoms with Crippen molar-refractivity contribution in [2.75, 3.05) is 11.5 Å². The van der Waals surface area contributed by atoms with Crippen LogP contribution in [-0.4, -0.2) is 29.4 Å². The van der Waals surface area contributed by atoms with Crippen LogP contribution in [0.2, 0.25) is 5.02 Å². The predicted octanol–water partition coefficient (Wildman–Crippen LogP) is 5.60. The largest absolute Gasteiger partial charge is 0.494 e. The maximum absolute atomic E-state index is 13.6. The van der Waals surface area contributed by atoms with Crippen LogP contribution in [0.5, 0.6) is 5.75 Å². The maximum Gasteiger partial charge on any atom is 0.335 e. The Hall–Kier alpha value is -3.12. The zero-order valence-corrected chi connectivity index (χ0v) is 19.6. The molecule has 33 heavy (non-hydrogen) atoms. The Kier molecular flexibility index (Phi) is 6.06. The molecule has 2 aromatic rings. The molecule has 1 heterocycles. The minimum Gasteiger partial charge on any atom is -0.494 e. The molecule has 0 saturated carbocycles. The van der Waals surface area contributed by atoms with Crippen molar-refractivity contribution in [3.63, 3.8) is 0 Å². The number of ketones is 1. The van der Waals surface area contributed by atoms with Gasteiger partial charge < -0.3 is 9.84 Å². The molecular formula is C26H26ClNO5. The number of rotatable bonds is 5. The van der Waals surface area contributed by atoms with E-state index >= 15 is 0 Å². The second-order valence-electron chi connectivity index (χ2n) is 9.23. The number of aromatic carboxylic acids is 1. The SMILES string of the molecule is CCOc1ccccc1C1CC(=O)N(c2cc(C(=O)O)ccc2Cl)C2=C1C(=O)CC(C)(C)C2. The quantitative estimate of drug-likeness (QED) is 0.618. The number of halogens is 1. The first-order chi connectivity index (χ1) is 15.6. The second-order valence-corrected chi connectivity index (χ2v) is 9.64. The standard InChI is InChI=1S/C26H26ClNO5/c1-4-33-22-8-6-5-7-16(22)17-12-23(30)28(19-11-15(25(31)32)9-10-18(19)27)20-13-26(2,3)14-21(29)24(17)20/h5-11,17H,4,12-14H2,1-3H3,(H,31,32). The van der Waals surface area contributed by atoms with Crippen molar-refractivity contribution in [1.82, 2.24) is 0 Å². The lowest BCUT2D eigenvalue weighted by Crippen LogP contribution is -2.44. The van der Waals surface area contributed by atoms with E-state index in [1.54, 1.807) is 0 Å². The summed E-state index contributed by atoms with van der Waals surface area (Å²) in [4.78, 5) is 40.1. The van der Waals surface area contributed by atoms with Crippen LogP contribution in [-0.2, 0) is 9.59 Å². The Morgan fingerprint density at radius 2 is 1.91 bits per heavy atom. The van der Waals surface area contributed by atoms with Gasteiger partial charge in [0.25, 0.3) is 0 Å². The highest BCUT2D eigenvalue weighted by Crippen LogP contribution is 2.50. The highest BCUT2D eigenvalue weighted by molar-refractivity contribution is 6.34. The van der Waals surface area contributed by atoms with Crippen molar-refractivity contribution in [3.05, 3.63) is 69.9 Å². The number of amides is 1. The van der Waals surface area contributed by atoms with Crippen molar-refractivity contribution in [2.24, 2.45) is 5.41 Å². The van der Waals surface area contributed by atoms with E-state index < -0.39 is 11.9 Å². The van der Waals surface area contributed by atoms with Gasteiger partial charge in [-0.15, -0.1) is 0 Å². The van der Waals surface area contributed by atoms with E-state index in [0.29, 0.717) is 36.5 Å². The number of hydrogen-bond acceptors (Lipinski definition) is 4. The van der Waals surface area contributed by atoms with Crippen LogP contribution < -0.4 is 9.64 Å². The average molecular weight is 468 g/mol. The van der Waals surface area contributed by atoms with Crippen molar-refractivity contribution in [1.29, 1.82) is 0 Å². The smallest absolute Gasteiger partial charge is 0.335 e. The molecule has 4 rings (SSSR count).